The Hall–Kier alpha value is -1.35. The monoisotopic (exact) mass is 230 g/mol. The van der Waals surface area contributed by atoms with Crippen LogP contribution < -0.4 is 5.32 Å². The lowest BCUT2D eigenvalue weighted by Crippen LogP contribution is -2.43. The summed E-state index contributed by atoms with van der Waals surface area (Å²) in [4.78, 5) is 14.3. The van der Waals surface area contributed by atoms with E-state index in [4.69, 9.17) is 0 Å². The molecule has 1 atom stereocenters. The lowest BCUT2D eigenvalue weighted by atomic mass is 10.1. The van der Waals surface area contributed by atoms with Gasteiger partial charge in [0.2, 0.25) is 5.91 Å². The van der Waals surface area contributed by atoms with Gasteiger partial charge in [0.15, 0.2) is 0 Å². The van der Waals surface area contributed by atoms with E-state index in [1.807, 2.05) is 0 Å². The van der Waals surface area contributed by atoms with Crippen LogP contribution in [0.5, 0.6) is 0 Å². The Labute approximate surface area is 102 Å². The number of hydrogen-bond acceptors (Lipinski definition) is 2. The summed E-state index contributed by atoms with van der Waals surface area (Å²) < 4.78 is 0. The van der Waals surface area contributed by atoms with E-state index in [1.54, 1.807) is 0 Å². The third kappa shape index (κ3) is 2.07. The fourth-order valence-electron chi connectivity index (χ4n) is 2.85. The molecular formula is C14H18N2O. The molecule has 1 saturated heterocycles. The molecule has 17 heavy (non-hydrogen) atoms. The van der Waals surface area contributed by atoms with Crippen LogP contribution in [0.4, 0.5) is 0 Å². The molecule has 0 bridgehead atoms. The lowest BCUT2D eigenvalue weighted by molar-refractivity contribution is -0.126. The predicted octanol–water partition coefficient (Wildman–Crippen LogP) is 1.67. The first-order valence-electron chi connectivity index (χ1n) is 6.43. The standard InChI is InChI=1S/C14H18N2O/c17-14-13(7-3-4-8-15-14)16-9-11-5-1-2-6-12(11)10-16/h1-2,5-6,13H,3-4,7-10H2,(H,15,17). The molecule has 2 aliphatic heterocycles. The second kappa shape index (κ2) is 4.49. The van der Waals surface area contributed by atoms with Crippen molar-refractivity contribution < 1.29 is 4.79 Å². The fraction of sp³-hybridized carbons (Fsp3) is 0.500. The van der Waals surface area contributed by atoms with Gasteiger partial charge in [-0.15, -0.1) is 0 Å². The highest BCUT2D eigenvalue weighted by molar-refractivity contribution is 5.82. The van der Waals surface area contributed by atoms with Crippen molar-refractivity contribution in [3.63, 3.8) is 0 Å². The van der Waals surface area contributed by atoms with E-state index in [-0.39, 0.29) is 11.9 Å². The molecule has 1 aromatic carbocycles. The molecule has 3 nitrogen and oxygen atoms in total. The molecule has 3 heteroatoms. The van der Waals surface area contributed by atoms with E-state index in [1.165, 1.54) is 11.1 Å². The zero-order valence-corrected chi connectivity index (χ0v) is 9.98. The number of nitrogens with zero attached hydrogens (tertiary/aromatic N) is 1. The Kier molecular flexibility index (Phi) is 2.85. The van der Waals surface area contributed by atoms with E-state index >= 15 is 0 Å². The summed E-state index contributed by atoms with van der Waals surface area (Å²) in [6, 6.07) is 8.57. The first kappa shape index (κ1) is 10.8. The summed E-state index contributed by atoms with van der Waals surface area (Å²) in [5.74, 6) is 0.218. The summed E-state index contributed by atoms with van der Waals surface area (Å²) >= 11 is 0. The van der Waals surface area contributed by atoms with Crippen LogP contribution in [0.15, 0.2) is 24.3 Å². The second-order valence-corrected chi connectivity index (χ2v) is 4.98. The van der Waals surface area contributed by atoms with Gasteiger partial charge in [0.05, 0.1) is 6.04 Å². The summed E-state index contributed by atoms with van der Waals surface area (Å²) in [5.41, 5.74) is 2.76. The van der Waals surface area contributed by atoms with E-state index in [0.717, 1.165) is 38.9 Å². The molecule has 0 radical (unpaired) electrons. The van der Waals surface area contributed by atoms with Gasteiger partial charge in [0.25, 0.3) is 0 Å². The number of nitrogens with one attached hydrogen (secondary N) is 1. The smallest absolute Gasteiger partial charge is 0.237 e. The first-order chi connectivity index (χ1) is 8.34. The highest BCUT2D eigenvalue weighted by atomic mass is 16.2. The summed E-state index contributed by atoms with van der Waals surface area (Å²) in [6.07, 6.45) is 3.26. The van der Waals surface area contributed by atoms with Crippen LogP contribution >= 0.6 is 0 Å². The average molecular weight is 230 g/mol. The Morgan fingerprint density at radius 2 is 1.82 bits per heavy atom. The number of carbonyl (C=O) groups is 1. The second-order valence-electron chi connectivity index (χ2n) is 4.98. The summed E-state index contributed by atoms with van der Waals surface area (Å²) in [5, 5.41) is 3.02. The zero-order valence-electron chi connectivity index (χ0n) is 9.98. The van der Waals surface area contributed by atoms with Crippen LogP contribution in [-0.2, 0) is 17.9 Å². The molecule has 2 aliphatic rings. The van der Waals surface area contributed by atoms with Gasteiger partial charge >= 0.3 is 0 Å². The molecule has 1 unspecified atom stereocenters. The minimum atomic E-state index is 0.0740. The number of fused-ring (bicyclic) bond motifs is 1. The number of rotatable bonds is 1. The van der Waals surface area contributed by atoms with Crippen molar-refractivity contribution in [3.8, 4) is 0 Å². The molecule has 0 aliphatic carbocycles. The molecule has 0 saturated carbocycles. The third-order valence-corrected chi connectivity index (χ3v) is 3.81. The van der Waals surface area contributed by atoms with Gasteiger partial charge < -0.3 is 5.32 Å². The molecule has 1 fully saturated rings. The maximum absolute atomic E-state index is 12.0. The number of hydrogen-bond donors (Lipinski definition) is 1. The predicted molar refractivity (Wildman–Crippen MR) is 66.3 cm³/mol. The zero-order chi connectivity index (χ0) is 11.7. The highest BCUT2D eigenvalue weighted by Crippen LogP contribution is 2.26. The Morgan fingerprint density at radius 1 is 1.12 bits per heavy atom. The van der Waals surface area contributed by atoms with Crippen molar-refractivity contribution in [1.82, 2.24) is 10.2 Å². The quantitative estimate of drug-likeness (QED) is 0.796. The topological polar surface area (TPSA) is 32.3 Å². The minimum absolute atomic E-state index is 0.0740. The van der Waals surface area contributed by atoms with Gasteiger partial charge in [-0.25, -0.2) is 0 Å². The molecule has 0 aromatic heterocycles. The van der Waals surface area contributed by atoms with E-state index in [2.05, 4.69) is 34.5 Å². The summed E-state index contributed by atoms with van der Waals surface area (Å²) in [6.45, 7) is 2.69. The van der Waals surface area contributed by atoms with Gasteiger partial charge in [-0.2, -0.15) is 0 Å². The van der Waals surface area contributed by atoms with Gasteiger partial charge in [0, 0.05) is 19.6 Å². The maximum Gasteiger partial charge on any atom is 0.237 e. The molecule has 1 N–H and O–H groups in total. The van der Waals surface area contributed by atoms with E-state index in [0.29, 0.717) is 0 Å². The summed E-state index contributed by atoms with van der Waals surface area (Å²) in [7, 11) is 0. The third-order valence-electron chi connectivity index (χ3n) is 3.81. The maximum atomic E-state index is 12.0. The average Bonchev–Trinajstić information content (AvgIpc) is 2.65. The van der Waals surface area contributed by atoms with Gasteiger partial charge in [-0.1, -0.05) is 24.3 Å². The molecule has 90 valence electrons. The van der Waals surface area contributed by atoms with Crippen molar-refractivity contribution in [3.05, 3.63) is 35.4 Å². The number of amides is 1. The van der Waals surface area contributed by atoms with Crippen molar-refractivity contribution >= 4 is 5.91 Å². The van der Waals surface area contributed by atoms with Crippen molar-refractivity contribution in [2.75, 3.05) is 6.54 Å². The molecule has 0 spiro atoms. The number of carbonyl (C=O) groups excluding carboxylic acids is 1. The van der Waals surface area contributed by atoms with Crippen LogP contribution in [-0.4, -0.2) is 23.4 Å². The van der Waals surface area contributed by atoms with E-state index < -0.39 is 0 Å². The van der Waals surface area contributed by atoms with Crippen LogP contribution in [0, 0.1) is 0 Å². The Balaban J connectivity index is 1.76. The van der Waals surface area contributed by atoms with Crippen molar-refractivity contribution in [2.24, 2.45) is 0 Å². The highest BCUT2D eigenvalue weighted by Gasteiger charge is 2.30. The molecule has 1 amide bonds. The minimum Gasteiger partial charge on any atom is -0.355 e. The van der Waals surface area contributed by atoms with Crippen molar-refractivity contribution in [2.45, 2.75) is 38.4 Å². The van der Waals surface area contributed by atoms with Crippen LogP contribution in [0.3, 0.4) is 0 Å². The molecular weight excluding hydrogens is 212 g/mol. The first-order valence-corrected chi connectivity index (χ1v) is 6.43. The van der Waals surface area contributed by atoms with E-state index in [9.17, 15) is 4.79 Å². The normalized spacial score (nSPS) is 25.2. The largest absolute Gasteiger partial charge is 0.355 e. The van der Waals surface area contributed by atoms with Crippen LogP contribution in [0.1, 0.15) is 30.4 Å². The molecule has 1 aromatic rings. The van der Waals surface area contributed by atoms with Crippen molar-refractivity contribution in [1.29, 1.82) is 0 Å². The Morgan fingerprint density at radius 3 is 2.53 bits per heavy atom. The molecule has 2 heterocycles. The van der Waals surface area contributed by atoms with Crippen LogP contribution in [0.2, 0.25) is 0 Å². The lowest BCUT2D eigenvalue weighted by Gasteiger charge is -2.24. The van der Waals surface area contributed by atoms with Gasteiger partial charge in [-0.3, -0.25) is 9.69 Å². The Bertz CT molecular complexity index is 405. The number of benzene rings is 1. The fourth-order valence-corrected chi connectivity index (χ4v) is 2.85. The SMILES string of the molecule is O=C1NCCCCC1N1Cc2ccccc2C1. The molecule has 3 rings (SSSR count). The van der Waals surface area contributed by atoms with Gasteiger partial charge in [-0.05, 0) is 30.4 Å². The van der Waals surface area contributed by atoms with Crippen LogP contribution in [0.25, 0.3) is 0 Å². The van der Waals surface area contributed by atoms with Gasteiger partial charge in [0.1, 0.15) is 0 Å².